The molecule has 0 bridgehead atoms. The van der Waals surface area contributed by atoms with E-state index < -0.39 is 62.8 Å². The van der Waals surface area contributed by atoms with E-state index >= 15 is 0 Å². The van der Waals surface area contributed by atoms with Gasteiger partial charge in [0.05, 0.1) is 35.0 Å². The number of nitrogens with zero attached hydrogens (tertiary/aromatic N) is 2. The highest BCUT2D eigenvalue weighted by Gasteiger charge is 2.64. The number of amides is 1. The third kappa shape index (κ3) is 3.79. The summed E-state index contributed by atoms with van der Waals surface area (Å²) in [5, 5.41) is 12.3. The van der Waals surface area contributed by atoms with Crippen molar-refractivity contribution in [2.45, 2.75) is 57.2 Å². The molecule has 3 atom stereocenters. The number of hydrogen-bond acceptors (Lipinski definition) is 4. The lowest BCUT2D eigenvalue weighted by Crippen LogP contribution is -2.72. The molecule has 0 aromatic heterocycles. The SMILES string of the molecule is CC(C)(C)C1N(C(=O)O)CC12OCc1cc(C3=NOC(c4cc(Cl)c(F)c(Cl)c4)(C(F)(F)F)C3)ccc12. The van der Waals surface area contributed by atoms with Gasteiger partial charge in [-0.15, -0.1) is 0 Å². The molecule has 12 heteroatoms. The molecule has 198 valence electrons. The van der Waals surface area contributed by atoms with Gasteiger partial charge in [0.25, 0.3) is 5.60 Å². The van der Waals surface area contributed by atoms with Gasteiger partial charge in [-0.1, -0.05) is 61.3 Å². The third-order valence-corrected chi connectivity index (χ3v) is 7.79. The fourth-order valence-electron chi connectivity index (χ4n) is 5.71. The number of benzene rings is 2. The van der Waals surface area contributed by atoms with Crippen molar-refractivity contribution in [3.8, 4) is 0 Å². The van der Waals surface area contributed by atoms with Crippen molar-refractivity contribution in [2.24, 2.45) is 10.6 Å². The average molecular weight is 561 g/mol. The van der Waals surface area contributed by atoms with E-state index in [2.05, 4.69) is 5.16 Å². The first-order valence-electron chi connectivity index (χ1n) is 11.3. The van der Waals surface area contributed by atoms with E-state index in [1.807, 2.05) is 20.8 Å². The van der Waals surface area contributed by atoms with E-state index in [0.29, 0.717) is 5.56 Å². The summed E-state index contributed by atoms with van der Waals surface area (Å²) >= 11 is 11.5. The number of oxime groups is 1. The molecular formula is C25H22Cl2F4N2O4. The lowest BCUT2D eigenvalue weighted by atomic mass is 9.66. The van der Waals surface area contributed by atoms with E-state index in [1.54, 1.807) is 18.2 Å². The van der Waals surface area contributed by atoms with Crippen molar-refractivity contribution in [2.75, 3.05) is 6.54 Å². The summed E-state index contributed by atoms with van der Waals surface area (Å²) in [4.78, 5) is 18.1. The van der Waals surface area contributed by atoms with Crippen LogP contribution in [0, 0.1) is 11.2 Å². The second kappa shape index (κ2) is 8.22. The Kier molecular flexibility index (Phi) is 5.79. The fourth-order valence-corrected chi connectivity index (χ4v) is 6.20. The van der Waals surface area contributed by atoms with Gasteiger partial charge in [-0.25, -0.2) is 9.18 Å². The van der Waals surface area contributed by atoms with E-state index in [4.69, 9.17) is 32.8 Å². The lowest BCUT2D eigenvalue weighted by molar-refractivity contribution is -0.275. The molecule has 1 fully saturated rings. The van der Waals surface area contributed by atoms with Gasteiger partial charge in [0.1, 0.15) is 5.60 Å². The molecule has 0 radical (unpaired) electrons. The highest BCUT2D eigenvalue weighted by Crippen LogP contribution is 2.54. The number of carbonyl (C=O) groups is 1. The number of halogens is 6. The number of rotatable bonds is 2. The molecular weight excluding hydrogens is 539 g/mol. The van der Waals surface area contributed by atoms with E-state index in [1.165, 1.54) is 4.90 Å². The molecule has 2 aromatic rings. The number of fused-ring (bicyclic) bond motifs is 2. The van der Waals surface area contributed by atoms with E-state index in [0.717, 1.165) is 23.3 Å². The van der Waals surface area contributed by atoms with Crippen LogP contribution in [0.15, 0.2) is 35.5 Å². The lowest BCUT2D eigenvalue weighted by Gasteiger charge is -2.58. The van der Waals surface area contributed by atoms with Crippen LogP contribution in [0.25, 0.3) is 0 Å². The minimum atomic E-state index is -4.92. The Morgan fingerprint density at radius 2 is 1.81 bits per heavy atom. The molecule has 37 heavy (non-hydrogen) atoms. The van der Waals surface area contributed by atoms with Gasteiger partial charge in [0.15, 0.2) is 5.82 Å². The van der Waals surface area contributed by atoms with Gasteiger partial charge in [-0.05, 0) is 40.3 Å². The van der Waals surface area contributed by atoms with Crippen molar-refractivity contribution in [1.82, 2.24) is 4.90 Å². The molecule has 1 N–H and O–H groups in total. The van der Waals surface area contributed by atoms with Gasteiger partial charge in [-0.2, -0.15) is 13.2 Å². The molecule has 1 amide bonds. The number of carboxylic acid groups (broad SMARTS) is 1. The van der Waals surface area contributed by atoms with Gasteiger partial charge in [0.2, 0.25) is 0 Å². The van der Waals surface area contributed by atoms with Crippen LogP contribution in [-0.2, 0) is 27.4 Å². The molecule has 5 rings (SSSR count). The maximum absolute atomic E-state index is 14.3. The Hall–Kier alpha value is -2.56. The third-order valence-electron chi connectivity index (χ3n) is 7.24. The van der Waals surface area contributed by atoms with Gasteiger partial charge in [0, 0.05) is 12.0 Å². The zero-order valence-corrected chi connectivity index (χ0v) is 21.4. The Bertz CT molecular complexity index is 1320. The highest BCUT2D eigenvalue weighted by atomic mass is 35.5. The highest BCUT2D eigenvalue weighted by molar-refractivity contribution is 6.35. The zero-order valence-electron chi connectivity index (χ0n) is 19.9. The first kappa shape index (κ1) is 26.1. The molecule has 1 spiro atoms. The molecule has 1 saturated heterocycles. The smallest absolute Gasteiger partial charge is 0.435 e. The summed E-state index contributed by atoms with van der Waals surface area (Å²) in [5.41, 5.74) is -2.66. The van der Waals surface area contributed by atoms with Crippen LogP contribution in [0.5, 0.6) is 0 Å². The predicted molar refractivity (Wildman–Crippen MR) is 127 cm³/mol. The summed E-state index contributed by atoms with van der Waals surface area (Å²) in [6.07, 6.45) is -6.64. The molecule has 3 heterocycles. The molecule has 0 aliphatic carbocycles. The Morgan fingerprint density at radius 1 is 1.16 bits per heavy atom. The van der Waals surface area contributed by atoms with Gasteiger partial charge >= 0.3 is 12.3 Å². The summed E-state index contributed by atoms with van der Waals surface area (Å²) in [5.74, 6) is -1.03. The Labute approximate surface area is 219 Å². The van der Waals surface area contributed by atoms with Crippen molar-refractivity contribution in [1.29, 1.82) is 0 Å². The first-order chi connectivity index (χ1) is 17.1. The van der Waals surface area contributed by atoms with Crippen LogP contribution in [0.1, 0.15) is 49.4 Å². The summed E-state index contributed by atoms with van der Waals surface area (Å²) in [6.45, 7) is 6.12. The number of likely N-dealkylation sites (tertiary alicyclic amines) is 1. The van der Waals surface area contributed by atoms with Crippen molar-refractivity contribution in [3.05, 3.63) is 68.4 Å². The second-order valence-corrected chi connectivity index (χ2v) is 11.4. The zero-order chi connectivity index (χ0) is 27.1. The molecule has 3 unspecified atom stereocenters. The topological polar surface area (TPSA) is 71.4 Å². The standard InChI is InChI=1S/C25H22Cl2F4N2O4/c1-22(2,3)20-23(11-33(20)21(34)35)15-5-4-12(6-13(15)10-36-23)18-9-24(37-32-18,25(29,30)31)14-7-16(26)19(28)17(27)8-14/h4-8,20H,9-11H2,1-3H3,(H,34,35). The second-order valence-electron chi connectivity index (χ2n) is 10.6. The number of alkyl halides is 3. The Balaban J connectivity index is 1.48. The van der Waals surface area contributed by atoms with Crippen LogP contribution in [0.3, 0.4) is 0 Å². The number of hydrogen-bond donors (Lipinski definition) is 1. The van der Waals surface area contributed by atoms with Crippen LogP contribution in [0.4, 0.5) is 22.4 Å². The van der Waals surface area contributed by atoms with Crippen molar-refractivity contribution >= 4 is 35.0 Å². The summed E-state index contributed by atoms with van der Waals surface area (Å²) in [7, 11) is 0. The molecule has 0 saturated carbocycles. The van der Waals surface area contributed by atoms with Crippen molar-refractivity contribution < 1.29 is 37.0 Å². The maximum Gasteiger partial charge on any atom is 0.435 e. The molecule has 6 nitrogen and oxygen atoms in total. The Morgan fingerprint density at radius 3 is 2.38 bits per heavy atom. The predicted octanol–water partition coefficient (Wildman–Crippen LogP) is 6.85. The van der Waals surface area contributed by atoms with Gasteiger partial charge in [-0.3, -0.25) is 4.90 Å². The number of ether oxygens (including phenoxy) is 1. The van der Waals surface area contributed by atoms with E-state index in [-0.39, 0.29) is 18.9 Å². The average Bonchev–Trinajstić information content (AvgIpc) is 3.38. The largest absolute Gasteiger partial charge is 0.465 e. The molecule has 3 aliphatic heterocycles. The fraction of sp³-hybridized carbons (Fsp3) is 0.440. The minimum Gasteiger partial charge on any atom is -0.465 e. The van der Waals surface area contributed by atoms with Crippen LogP contribution in [-0.4, -0.2) is 40.6 Å². The normalized spacial score (nSPS) is 27.1. The summed E-state index contributed by atoms with van der Waals surface area (Å²) in [6, 6.07) is 6.29. The monoisotopic (exact) mass is 560 g/mol. The van der Waals surface area contributed by atoms with Crippen molar-refractivity contribution in [3.63, 3.8) is 0 Å². The minimum absolute atomic E-state index is 0.0331. The van der Waals surface area contributed by atoms with Crippen LogP contribution >= 0.6 is 23.2 Å². The van der Waals surface area contributed by atoms with Gasteiger partial charge < -0.3 is 14.7 Å². The van der Waals surface area contributed by atoms with E-state index in [9.17, 15) is 27.5 Å². The van der Waals surface area contributed by atoms with Crippen LogP contribution in [0.2, 0.25) is 10.0 Å². The molecule has 2 aromatic carbocycles. The maximum atomic E-state index is 14.3. The molecule has 3 aliphatic rings. The quantitative estimate of drug-likeness (QED) is 0.322. The first-order valence-corrected chi connectivity index (χ1v) is 12.1. The van der Waals surface area contributed by atoms with Crippen LogP contribution < -0.4 is 0 Å². The summed E-state index contributed by atoms with van der Waals surface area (Å²) < 4.78 is 63.1.